The number of carbonyl (C=O) groups excluding carboxylic acids is 4. The summed E-state index contributed by atoms with van der Waals surface area (Å²) in [5.74, 6) is -0.505. The van der Waals surface area contributed by atoms with Crippen molar-refractivity contribution in [3.63, 3.8) is 0 Å². The fourth-order valence-electron chi connectivity index (χ4n) is 13.2. The van der Waals surface area contributed by atoms with Gasteiger partial charge in [0.25, 0.3) is 0 Å². The van der Waals surface area contributed by atoms with Crippen molar-refractivity contribution in [1.29, 1.82) is 0 Å². The minimum Gasteiger partial charge on any atom is -0.462 e. The molecule has 0 aliphatic carbocycles. The van der Waals surface area contributed by atoms with Crippen molar-refractivity contribution in [3.8, 4) is 0 Å². The van der Waals surface area contributed by atoms with E-state index in [9.17, 15) is 43.2 Å². The lowest BCUT2D eigenvalue weighted by Gasteiger charge is -2.21. The minimum absolute atomic E-state index is 0.108. The van der Waals surface area contributed by atoms with Crippen LogP contribution in [0.4, 0.5) is 0 Å². The lowest BCUT2D eigenvalue weighted by Crippen LogP contribution is -2.30. The van der Waals surface area contributed by atoms with Gasteiger partial charge in [-0.05, 0) is 37.5 Å². The predicted octanol–water partition coefficient (Wildman–Crippen LogP) is 25.8. The van der Waals surface area contributed by atoms with E-state index >= 15 is 0 Å². The Morgan fingerprint density at radius 3 is 0.654 bits per heavy atom. The predicted molar refractivity (Wildman–Crippen MR) is 428 cm³/mol. The number of phosphoric ester groups is 2. The topological polar surface area (TPSA) is 237 Å². The third kappa shape index (κ3) is 78.2. The summed E-state index contributed by atoms with van der Waals surface area (Å²) in [6, 6.07) is 0. The number of hydrogen-bond acceptors (Lipinski definition) is 15. The number of rotatable bonds is 84. The van der Waals surface area contributed by atoms with Crippen molar-refractivity contribution in [2.24, 2.45) is 11.8 Å². The van der Waals surface area contributed by atoms with E-state index in [1.807, 2.05) is 0 Å². The van der Waals surface area contributed by atoms with Crippen LogP contribution in [0.15, 0.2) is 0 Å². The number of esters is 4. The van der Waals surface area contributed by atoms with Crippen LogP contribution in [-0.2, 0) is 65.4 Å². The summed E-state index contributed by atoms with van der Waals surface area (Å²) in [6.45, 7) is 9.68. The van der Waals surface area contributed by atoms with Gasteiger partial charge in [-0.1, -0.05) is 401 Å². The first-order valence-electron chi connectivity index (χ1n) is 44.0. The van der Waals surface area contributed by atoms with Crippen LogP contribution in [0.3, 0.4) is 0 Å². The molecule has 3 N–H and O–H groups in total. The maximum Gasteiger partial charge on any atom is 0.472 e. The first kappa shape index (κ1) is 102. The summed E-state index contributed by atoms with van der Waals surface area (Å²) < 4.78 is 68.8. The first-order valence-corrected chi connectivity index (χ1v) is 47.0. The fourth-order valence-corrected chi connectivity index (χ4v) is 14.8. The van der Waals surface area contributed by atoms with Crippen LogP contribution >= 0.6 is 15.6 Å². The monoisotopic (exact) mass is 1520 g/mol. The van der Waals surface area contributed by atoms with Gasteiger partial charge < -0.3 is 33.8 Å². The molecule has 0 heterocycles. The quantitative estimate of drug-likeness (QED) is 0.0222. The second-order valence-corrected chi connectivity index (χ2v) is 34.4. The number of aliphatic hydroxyl groups is 1. The van der Waals surface area contributed by atoms with Crippen molar-refractivity contribution in [3.05, 3.63) is 0 Å². The number of carbonyl (C=O) groups is 4. The standard InChI is InChI=1S/C85H166O17P2/c1-7-9-11-13-15-17-18-19-20-21-22-23-24-25-28-35-40-45-51-57-63-69-85(90)102-81(74-96-83(88)68-62-56-50-44-39-34-29-26-27-32-37-42-47-53-59-65-77(3)4)76-100-104(93,94)98-72-79(86)71-97-103(91,92)99-75-80(73-95-82(87)67-61-55-49-16-14-12-10-8-2)101-84(89)70-64-58-52-46-41-36-31-30-33-38-43-48-54-60-66-78(5)6/h77-81,86H,7-76H2,1-6H3,(H,91,92)(H,93,94)/t79-,80+,81+/m0/s1. The van der Waals surface area contributed by atoms with Gasteiger partial charge in [0.15, 0.2) is 12.2 Å². The van der Waals surface area contributed by atoms with E-state index in [4.69, 9.17) is 37.0 Å². The van der Waals surface area contributed by atoms with Crippen molar-refractivity contribution in [1.82, 2.24) is 0 Å². The van der Waals surface area contributed by atoms with E-state index in [1.165, 1.54) is 263 Å². The van der Waals surface area contributed by atoms with Crippen LogP contribution < -0.4 is 0 Å². The van der Waals surface area contributed by atoms with Crippen molar-refractivity contribution >= 4 is 39.5 Å². The lowest BCUT2D eigenvalue weighted by atomic mass is 10.0. The number of unbranched alkanes of at least 4 members (excludes halogenated alkanes) is 54. The van der Waals surface area contributed by atoms with Crippen molar-refractivity contribution < 1.29 is 80.2 Å². The van der Waals surface area contributed by atoms with Gasteiger partial charge in [-0.25, -0.2) is 9.13 Å². The summed E-state index contributed by atoms with van der Waals surface area (Å²) in [4.78, 5) is 73.1. The molecule has 0 bridgehead atoms. The third-order valence-corrected chi connectivity index (χ3v) is 21.9. The summed E-state index contributed by atoms with van der Waals surface area (Å²) in [7, 11) is -9.92. The van der Waals surface area contributed by atoms with Gasteiger partial charge in [0.2, 0.25) is 0 Å². The Balaban J connectivity index is 5.19. The molecule has 0 radical (unpaired) electrons. The molecule has 0 aliphatic heterocycles. The van der Waals surface area contributed by atoms with Gasteiger partial charge in [0, 0.05) is 25.7 Å². The van der Waals surface area contributed by atoms with Crippen LogP contribution in [0.5, 0.6) is 0 Å². The largest absolute Gasteiger partial charge is 0.472 e. The Labute approximate surface area is 638 Å². The van der Waals surface area contributed by atoms with Gasteiger partial charge in [0.1, 0.15) is 19.3 Å². The molecule has 0 saturated carbocycles. The molecule has 104 heavy (non-hydrogen) atoms. The molecule has 0 spiro atoms. The van der Waals surface area contributed by atoms with Crippen LogP contribution in [0.2, 0.25) is 0 Å². The maximum atomic E-state index is 13.1. The highest BCUT2D eigenvalue weighted by Crippen LogP contribution is 2.45. The van der Waals surface area contributed by atoms with E-state index in [0.717, 1.165) is 108 Å². The van der Waals surface area contributed by atoms with E-state index in [1.54, 1.807) is 0 Å². The Bertz CT molecular complexity index is 1990. The number of hydrogen-bond donors (Lipinski definition) is 3. The zero-order valence-corrected chi connectivity index (χ0v) is 70.1. The van der Waals surface area contributed by atoms with Gasteiger partial charge in [-0.3, -0.25) is 37.3 Å². The van der Waals surface area contributed by atoms with E-state index in [-0.39, 0.29) is 25.7 Å². The Kier molecular flexibility index (Phi) is 75.0. The normalized spacial score (nSPS) is 13.8. The van der Waals surface area contributed by atoms with E-state index in [2.05, 4.69) is 41.5 Å². The molecule has 17 nitrogen and oxygen atoms in total. The molecule has 0 aromatic heterocycles. The van der Waals surface area contributed by atoms with E-state index < -0.39 is 97.5 Å². The summed E-state index contributed by atoms with van der Waals surface area (Å²) in [6.07, 6.45) is 68.2. The lowest BCUT2D eigenvalue weighted by molar-refractivity contribution is -0.161. The SMILES string of the molecule is CCCCCCCCCCCCCCCCCCCCCCCC(=O)O[C@H](COC(=O)CCCCCCCCCCCCCCCCCC(C)C)COP(=O)(O)OC[C@@H](O)COP(=O)(O)OC[C@@H](COC(=O)CCCCCCCCCC)OC(=O)CCCCCCCCCCCCCCCCC(C)C. The Hall–Kier alpha value is -1.94. The van der Waals surface area contributed by atoms with Crippen LogP contribution in [-0.4, -0.2) is 96.7 Å². The highest BCUT2D eigenvalue weighted by atomic mass is 31.2. The van der Waals surface area contributed by atoms with Crippen LogP contribution in [0.1, 0.15) is 452 Å². The molecule has 618 valence electrons. The summed E-state index contributed by atoms with van der Waals surface area (Å²) >= 11 is 0. The Morgan fingerprint density at radius 1 is 0.260 bits per heavy atom. The molecular weight excluding hydrogens is 1350 g/mol. The number of aliphatic hydroxyl groups excluding tert-OH is 1. The first-order chi connectivity index (χ1) is 50.4. The van der Waals surface area contributed by atoms with Gasteiger partial charge in [-0.2, -0.15) is 0 Å². The summed E-state index contributed by atoms with van der Waals surface area (Å²) in [5, 5.41) is 10.7. The molecule has 0 aromatic rings. The minimum atomic E-state index is -4.96. The van der Waals surface area contributed by atoms with Crippen molar-refractivity contribution in [2.75, 3.05) is 39.6 Å². The molecule has 0 rings (SSSR count). The fraction of sp³-hybridized carbons (Fsp3) is 0.953. The second-order valence-electron chi connectivity index (χ2n) is 31.5. The van der Waals surface area contributed by atoms with E-state index in [0.29, 0.717) is 25.7 Å². The third-order valence-electron chi connectivity index (χ3n) is 20.0. The number of phosphoric acid groups is 2. The molecule has 0 fully saturated rings. The molecule has 0 saturated heterocycles. The molecule has 5 atom stereocenters. The second kappa shape index (κ2) is 76.4. The van der Waals surface area contributed by atoms with Crippen LogP contribution in [0, 0.1) is 11.8 Å². The van der Waals surface area contributed by atoms with Gasteiger partial charge in [0.05, 0.1) is 26.4 Å². The van der Waals surface area contributed by atoms with Gasteiger partial charge in [-0.15, -0.1) is 0 Å². The molecule has 19 heteroatoms. The average Bonchev–Trinajstić information content (AvgIpc) is 0.914. The maximum absolute atomic E-state index is 13.1. The average molecular weight is 1520 g/mol. The molecule has 0 amide bonds. The zero-order valence-electron chi connectivity index (χ0n) is 68.3. The molecule has 0 aromatic carbocycles. The summed E-state index contributed by atoms with van der Waals surface area (Å²) in [5.41, 5.74) is 0. The van der Waals surface area contributed by atoms with Crippen LogP contribution in [0.25, 0.3) is 0 Å². The smallest absolute Gasteiger partial charge is 0.462 e. The number of ether oxygens (including phenoxy) is 4. The highest BCUT2D eigenvalue weighted by molar-refractivity contribution is 7.47. The highest BCUT2D eigenvalue weighted by Gasteiger charge is 2.30. The Morgan fingerprint density at radius 2 is 0.442 bits per heavy atom. The zero-order chi connectivity index (χ0) is 76.4. The van der Waals surface area contributed by atoms with Gasteiger partial charge >= 0.3 is 39.5 Å². The molecular formula is C85H166O17P2. The van der Waals surface area contributed by atoms with Crippen molar-refractivity contribution in [2.45, 2.75) is 471 Å². The molecule has 2 unspecified atom stereocenters. The molecule has 0 aliphatic rings.